The summed E-state index contributed by atoms with van der Waals surface area (Å²) in [5.41, 5.74) is 0.916. The monoisotopic (exact) mass is 321 g/mol. The smallest absolute Gasteiger partial charge is 0.211 e. The van der Waals surface area contributed by atoms with Crippen LogP contribution in [-0.4, -0.2) is 51.1 Å². The van der Waals surface area contributed by atoms with Crippen LogP contribution in [0, 0.1) is 0 Å². The summed E-state index contributed by atoms with van der Waals surface area (Å²) < 4.78 is 26.9. The molecule has 0 aromatic carbocycles. The van der Waals surface area contributed by atoms with Gasteiger partial charge in [0.25, 0.3) is 0 Å². The van der Waals surface area contributed by atoms with Crippen LogP contribution >= 0.6 is 0 Å². The molecule has 3 heterocycles. The van der Waals surface area contributed by atoms with E-state index in [4.69, 9.17) is 0 Å². The lowest BCUT2D eigenvalue weighted by molar-refractivity contribution is 0.372. The van der Waals surface area contributed by atoms with Crippen molar-refractivity contribution in [3.05, 3.63) is 36.8 Å². The predicted molar refractivity (Wildman–Crippen MR) is 82.0 cm³/mol. The summed E-state index contributed by atoms with van der Waals surface area (Å²) >= 11 is 0. The third-order valence-electron chi connectivity index (χ3n) is 3.96. The maximum atomic E-state index is 11.8. The zero-order valence-electron chi connectivity index (χ0n) is 12.5. The molecule has 0 bridgehead atoms. The van der Waals surface area contributed by atoms with Gasteiger partial charge in [-0.25, -0.2) is 23.4 Å². The fourth-order valence-electron chi connectivity index (χ4n) is 2.91. The Balaban J connectivity index is 1.68. The SMILES string of the molecule is CS(=O)(=O)N1CCCC1CCc1cc(-n2ccnc2)ncn1. The van der Waals surface area contributed by atoms with Crippen molar-refractivity contribution in [1.29, 1.82) is 0 Å². The number of rotatable bonds is 5. The highest BCUT2D eigenvalue weighted by Gasteiger charge is 2.30. The van der Waals surface area contributed by atoms with Crippen LogP contribution in [0.3, 0.4) is 0 Å². The Kier molecular flexibility index (Phi) is 4.21. The first-order valence-electron chi connectivity index (χ1n) is 7.30. The Hall–Kier alpha value is -1.80. The lowest BCUT2D eigenvalue weighted by Crippen LogP contribution is -2.34. The van der Waals surface area contributed by atoms with Crippen molar-refractivity contribution >= 4 is 10.0 Å². The van der Waals surface area contributed by atoms with Gasteiger partial charge in [-0.05, 0) is 25.7 Å². The van der Waals surface area contributed by atoms with Gasteiger partial charge >= 0.3 is 0 Å². The van der Waals surface area contributed by atoms with E-state index in [-0.39, 0.29) is 6.04 Å². The van der Waals surface area contributed by atoms with Crippen molar-refractivity contribution in [3.8, 4) is 5.82 Å². The fourth-order valence-corrected chi connectivity index (χ4v) is 4.12. The van der Waals surface area contributed by atoms with Crippen molar-refractivity contribution < 1.29 is 8.42 Å². The molecule has 0 saturated carbocycles. The topological polar surface area (TPSA) is 81.0 Å². The summed E-state index contributed by atoms with van der Waals surface area (Å²) in [6, 6.07) is 2.00. The van der Waals surface area contributed by atoms with Crippen LogP contribution in [0.4, 0.5) is 0 Å². The van der Waals surface area contributed by atoms with Crippen molar-refractivity contribution in [2.75, 3.05) is 12.8 Å². The molecule has 2 aromatic rings. The first kappa shape index (κ1) is 15.1. The molecule has 1 saturated heterocycles. The summed E-state index contributed by atoms with van der Waals surface area (Å²) in [6.07, 6.45) is 11.4. The number of aryl methyl sites for hydroxylation is 1. The van der Waals surface area contributed by atoms with E-state index in [1.54, 1.807) is 16.8 Å². The molecule has 3 rings (SSSR count). The van der Waals surface area contributed by atoms with Crippen molar-refractivity contribution in [3.63, 3.8) is 0 Å². The molecular formula is C14H19N5O2S. The van der Waals surface area contributed by atoms with Gasteiger partial charge in [0.15, 0.2) is 0 Å². The van der Waals surface area contributed by atoms with Crippen molar-refractivity contribution in [1.82, 2.24) is 23.8 Å². The van der Waals surface area contributed by atoms with Gasteiger partial charge in [-0.15, -0.1) is 0 Å². The molecule has 0 aliphatic carbocycles. The molecule has 118 valence electrons. The number of hydrogen-bond acceptors (Lipinski definition) is 5. The van der Waals surface area contributed by atoms with Gasteiger partial charge in [0.05, 0.1) is 6.26 Å². The molecular weight excluding hydrogens is 302 g/mol. The molecule has 22 heavy (non-hydrogen) atoms. The summed E-state index contributed by atoms with van der Waals surface area (Å²) in [5.74, 6) is 0.772. The van der Waals surface area contributed by atoms with E-state index in [0.717, 1.165) is 37.2 Å². The third kappa shape index (κ3) is 3.33. The first-order valence-corrected chi connectivity index (χ1v) is 9.15. The Morgan fingerprint density at radius 1 is 1.36 bits per heavy atom. The molecule has 0 N–H and O–H groups in total. The van der Waals surface area contributed by atoms with Crippen LogP contribution in [0.1, 0.15) is 25.0 Å². The maximum Gasteiger partial charge on any atom is 0.211 e. The third-order valence-corrected chi connectivity index (χ3v) is 5.29. The number of hydrogen-bond donors (Lipinski definition) is 0. The van der Waals surface area contributed by atoms with E-state index in [2.05, 4.69) is 15.0 Å². The maximum absolute atomic E-state index is 11.8. The molecule has 0 amide bonds. The Bertz CT molecular complexity index is 729. The molecule has 1 atom stereocenters. The van der Waals surface area contributed by atoms with Crippen molar-refractivity contribution in [2.45, 2.75) is 31.7 Å². The summed E-state index contributed by atoms with van der Waals surface area (Å²) in [5, 5.41) is 0. The average molecular weight is 321 g/mol. The van der Waals surface area contributed by atoms with E-state index >= 15 is 0 Å². The number of nitrogens with zero attached hydrogens (tertiary/aromatic N) is 5. The predicted octanol–water partition coefficient (Wildman–Crippen LogP) is 1.02. The van der Waals surface area contributed by atoms with E-state index in [1.165, 1.54) is 12.6 Å². The molecule has 1 aliphatic rings. The quantitative estimate of drug-likeness (QED) is 0.821. The second-order valence-corrected chi connectivity index (χ2v) is 7.48. The van der Waals surface area contributed by atoms with Crippen LogP contribution in [0.15, 0.2) is 31.1 Å². The van der Waals surface area contributed by atoms with Crippen LogP contribution in [0.5, 0.6) is 0 Å². The minimum Gasteiger partial charge on any atom is -0.290 e. The van der Waals surface area contributed by atoms with Gasteiger partial charge in [-0.1, -0.05) is 0 Å². The van der Waals surface area contributed by atoms with Gasteiger partial charge in [-0.3, -0.25) is 4.57 Å². The van der Waals surface area contributed by atoms with Gasteiger partial charge in [-0.2, -0.15) is 4.31 Å². The van der Waals surface area contributed by atoms with Gasteiger partial charge in [0.1, 0.15) is 18.5 Å². The highest BCUT2D eigenvalue weighted by Crippen LogP contribution is 2.24. The zero-order chi connectivity index (χ0) is 15.6. The average Bonchev–Trinajstić information content (AvgIpc) is 3.16. The van der Waals surface area contributed by atoms with Crippen LogP contribution in [0.2, 0.25) is 0 Å². The van der Waals surface area contributed by atoms with Gasteiger partial charge < -0.3 is 0 Å². The highest BCUT2D eigenvalue weighted by atomic mass is 32.2. The Labute approximate surface area is 130 Å². The first-order chi connectivity index (χ1) is 10.5. The van der Waals surface area contributed by atoms with E-state index in [9.17, 15) is 8.42 Å². The molecule has 1 unspecified atom stereocenters. The zero-order valence-corrected chi connectivity index (χ0v) is 13.3. The second kappa shape index (κ2) is 6.13. The summed E-state index contributed by atoms with van der Waals surface area (Å²) in [7, 11) is -3.11. The second-order valence-electron chi connectivity index (χ2n) is 5.55. The van der Waals surface area contributed by atoms with E-state index in [0.29, 0.717) is 6.54 Å². The molecule has 0 spiro atoms. The lowest BCUT2D eigenvalue weighted by atomic mass is 10.1. The largest absolute Gasteiger partial charge is 0.290 e. The van der Waals surface area contributed by atoms with Crippen LogP contribution in [-0.2, 0) is 16.4 Å². The van der Waals surface area contributed by atoms with E-state index in [1.807, 2.05) is 16.8 Å². The van der Waals surface area contributed by atoms with Gasteiger partial charge in [0.2, 0.25) is 10.0 Å². The Morgan fingerprint density at radius 2 is 2.23 bits per heavy atom. The van der Waals surface area contributed by atoms with Gasteiger partial charge in [0, 0.05) is 36.7 Å². The minimum absolute atomic E-state index is 0.0849. The number of aromatic nitrogens is 4. The number of imidazole rings is 1. The number of sulfonamides is 1. The molecule has 0 radical (unpaired) electrons. The fraction of sp³-hybridized carbons (Fsp3) is 0.500. The minimum atomic E-state index is -3.11. The summed E-state index contributed by atoms with van der Waals surface area (Å²) in [4.78, 5) is 12.5. The van der Waals surface area contributed by atoms with Crippen LogP contribution in [0.25, 0.3) is 5.82 Å². The molecule has 2 aromatic heterocycles. The normalized spacial score (nSPS) is 19.6. The van der Waals surface area contributed by atoms with Crippen LogP contribution < -0.4 is 0 Å². The molecule has 1 aliphatic heterocycles. The Morgan fingerprint density at radius 3 is 2.95 bits per heavy atom. The lowest BCUT2D eigenvalue weighted by Gasteiger charge is -2.21. The van der Waals surface area contributed by atoms with E-state index < -0.39 is 10.0 Å². The molecule has 1 fully saturated rings. The molecule has 8 heteroatoms. The van der Waals surface area contributed by atoms with Crippen molar-refractivity contribution in [2.24, 2.45) is 0 Å². The standard InChI is InChI=1S/C14H19N5O2S/c1-22(20,21)19-7-2-3-13(19)5-4-12-9-14(17-10-16-12)18-8-6-15-11-18/h6,8-11,13H,2-5,7H2,1H3. The summed E-state index contributed by atoms with van der Waals surface area (Å²) in [6.45, 7) is 0.633. The molecule has 7 nitrogen and oxygen atoms in total. The highest BCUT2D eigenvalue weighted by molar-refractivity contribution is 7.88.